The summed E-state index contributed by atoms with van der Waals surface area (Å²) >= 11 is 0. The molecule has 1 amide bonds. The lowest BCUT2D eigenvalue weighted by molar-refractivity contribution is -0.140. The number of hydrogen-bond donors (Lipinski definition) is 3. The fourth-order valence-corrected chi connectivity index (χ4v) is 6.40. The predicted octanol–water partition coefficient (Wildman–Crippen LogP) is 1.18. The molecule has 1 saturated heterocycles. The number of halogens is 1. The highest BCUT2D eigenvalue weighted by Crippen LogP contribution is 2.60. The van der Waals surface area contributed by atoms with E-state index in [2.05, 4.69) is 10.3 Å². The van der Waals surface area contributed by atoms with Gasteiger partial charge in [0, 0.05) is 0 Å². The second-order valence-electron chi connectivity index (χ2n) is 9.49. The number of aliphatic hydroxyl groups excluding tert-OH is 2. The number of aliphatic hydroxyl groups is 2. The van der Waals surface area contributed by atoms with Gasteiger partial charge in [0.1, 0.15) is 12.2 Å². The minimum Gasteiger partial charge on any atom is -0.388 e. The zero-order valence-electron chi connectivity index (χ0n) is 16.3. The molecule has 0 radical (unpaired) electrons. The number of amides is 1. The maximum absolute atomic E-state index is 14.7. The fourth-order valence-electron chi connectivity index (χ4n) is 6.40. The van der Waals surface area contributed by atoms with E-state index in [-0.39, 0.29) is 5.91 Å². The number of rotatable bonds is 3. The fraction of sp³-hybridized carbons (Fsp3) is 0.750. The van der Waals surface area contributed by atoms with Crippen LogP contribution in [0.1, 0.15) is 51.7 Å². The van der Waals surface area contributed by atoms with E-state index in [1.165, 1.54) is 19.3 Å². The summed E-state index contributed by atoms with van der Waals surface area (Å²) in [7, 11) is 0. The largest absolute Gasteiger partial charge is 0.388 e. The van der Waals surface area contributed by atoms with Crippen LogP contribution in [0.25, 0.3) is 0 Å². The molecule has 2 heterocycles. The van der Waals surface area contributed by atoms with E-state index < -0.39 is 47.3 Å². The Bertz CT molecular complexity index is 867. The SMILES string of the molecule is C[C@H]1O[C@@H](n2cc(F)c(NC(=O)C34CC5CC(CC(C5)C3)C4)nc2=O)[C@H](O)[C@@H]1O. The first-order chi connectivity index (χ1) is 13.8. The van der Waals surface area contributed by atoms with Crippen LogP contribution in [0.5, 0.6) is 0 Å². The molecule has 8 nitrogen and oxygen atoms in total. The Morgan fingerprint density at radius 2 is 1.79 bits per heavy atom. The molecule has 158 valence electrons. The molecule has 29 heavy (non-hydrogen) atoms. The number of carbonyl (C=O) groups excluding carboxylic acids is 1. The summed E-state index contributed by atoms with van der Waals surface area (Å²) in [4.78, 5) is 29.2. The molecular formula is C20H26FN3O5. The van der Waals surface area contributed by atoms with Crippen molar-refractivity contribution >= 4 is 11.7 Å². The highest BCUT2D eigenvalue weighted by atomic mass is 19.1. The van der Waals surface area contributed by atoms with Crippen LogP contribution in [-0.4, -0.2) is 44.0 Å². The van der Waals surface area contributed by atoms with Crippen LogP contribution >= 0.6 is 0 Å². The first-order valence-electron chi connectivity index (χ1n) is 10.4. The van der Waals surface area contributed by atoms with E-state index in [0.717, 1.165) is 30.0 Å². The molecule has 0 spiro atoms. The van der Waals surface area contributed by atoms with Crippen LogP contribution < -0.4 is 11.0 Å². The third kappa shape index (κ3) is 3.02. The molecule has 4 bridgehead atoms. The molecule has 5 fully saturated rings. The Morgan fingerprint density at radius 3 is 2.31 bits per heavy atom. The van der Waals surface area contributed by atoms with Crippen molar-refractivity contribution in [3.63, 3.8) is 0 Å². The summed E-state index contributed by atoms with van der Waals surface area (Å²) < 4.78 is 20.9. The van der Waals surface area contributed by atoms with E-state index in [4.69, 9.17) is 4.74 Å². The average molecular weight is 407 g/mol. The lowest BCUT2D eigenvalue weighted by atomic mass is 9.49. The average Bonchev–Trinajstić information content (AvgIpc) is 2.90. The standard InChI is InChI=1S/C20H26FN3O5/c1-9-14(25)15(26)17(29-9)24-8-13(21)16(23-19(24)28)22-18(27)20-5-10-2-11(6-20)4-12(3-10)7-20/h8-12,14-15,17,25-26H,2-7H2,1H3,(H,22,23,27,28)/t9-,10?,11?,12?,14-,15-,17-,20?/m1/s1. The molecular weight excluding hydrogens is 381 g/mol. The van der Waals surface area contributed by atoms with Gasteiger partial charge in [-0.15, -0.1) is 0 Å². The number of anilines is 1. The number of ether oxygens (including phenoxy) is 1. The van der Waals surface area contributed by atoms with Gasteiger partial charge >= 0.3 is 5.69 Å². The number of carbonyl (C=O) groups is 1. The van der Waals surface area contributed by atoms with Crippen molar-refractivity contribution in [2.75, 3.05) is 5.32 Å². The molecule has 1 aromatic heterocycles. The zero-order valence-corrected chi connectivity index (χ0v) is 16.3. The predicted molar refractivity (Wildman–Crippen MR) is 99.3 cm³/mol. The Labute approximate surface area is 167 Å². The second-order valence-corrected chi connectivity index (χ2v) is 9.49. The van der Waals surface area contributed by atoms with E-state index in [1.807, 2.05) is 0 Å². The summed E-state index contributed by atoms with van der Waals surface area (Å²) in [6.45, 7) is 1.54. The van der Waals surface area contributed by atoms with Gasteiger partial charge in [0.2, 0.25) is 5.91 Å². The molecule has 4 aliphatic carbocycles. The van der Waals surface area contributed by atoms with E-state index in [9.17, 15) is 24.2 Å². The monoisotopic (exact) mass is 407 g/mol. The number of nitrogens with zero attached hydrogens (tertiary/aromatic N) is 2. The van der Waals surface area contributed by atoms with Crippen molar-refractivity contribution in [2.24, 2.45) is 23.2 Å². The first-order valence-corrected chi connectivity index (χ1v) is 10.4. The van der Waals surface area contributed by atoms with Gasteiger partial charge in [-0.3, -0.25) is 9.36 Å². The van der Waals surface area contributed by atoms with Crippen molar-refractivity contribution in [1.29, 1.82) is 0 Å². The summed E-state index contributed by atoms with van der Waals surface area (Å²) in [6, 6.07) is 0. The number of hydrogen-bond acceptors (Lipinski definition) is 6. The van der Waals surface area contributed by atoms with Gasteiger partial charge in [-0.25, -0.2) is 9.18 Å². The Hall–Kier alpha value is -1.84. The molecule has 0 unspecified atom stereocenters. The quantitative estimate of drug-likeness (QED) is 0.693. The smallest absolute Gasteiger partial charge is 0.351 e. The maximum Gasteiger partial charge on any atom is 0.351 e. The molecule has 4 saturated carbocycles. The molecule has 1 aromatic rings. The third-order valence-electron chi connectivity index (χ3n) is 7.41. The summed E-state index contributed by atoms with van der Waals surface area (Å²) in [5.41, 5.74) is -1.35. The number of nitrogens with one attached hydrogen (secondary N) is 1. The topological polar surface area (TPSA) is 114 Å². The number of aromatic nitrogens is 2. The van der Waals surface area contributed by atoms with Crippen molar-refractivity contribution in [1.82, 2.24) is 9.55 Å². The van der Waals surface area contributed by atoms with Crippen LogP contribution in [-0.2, 0) is 9.53 Å². The highest BCUT2D eigenvalue weighted by Gasteiger charge is 2.54. The van der Waals surface area contributed by atoms with Crippen LogP contribution in [0.2, 0.25) is 0 Å². The van der Waals surface area contributed by atoms with E-state index >= 15 is 0 Å². The zero-order chi connectivity index (χ0) is 20.5. The molecule has 6 rings (SSSR count). The van der Waals surface area contributed by atoms with Crippen molar-refractivity contribution < 1.29 is 24.1 Å². The summed E-state index contributed by atoms with van der Waals surface area (Å²) in [5.74, 6) is 0.161. The Morgan fingerprint density at radius 1 is 1.21 bits per heavy atom. The minimum atomic E-state index is -1.38. The van der Waals surface area contributed by atoms with Gasteiger partial charge < -0.3 is 20.3 Å². The highest BCUT2D eigenvalue weighted by molar-refractivity contribution is 5.95. The Balaban J connectivity index is 1.38. The molecule has 3 N–H and O–H groups in total. The Kier molecular flexibility index (Phi) is 4.34. The minimum absolute atomic E-state index is 0.249. The van der Waals surface area contributed by atoms with Crippen molar-refractivity contribution in [3.05, 3.63) is 22.5 Å². The lowest BCUT2D eigenvalue weighted by Gasteiger charge is -2.55. The van der Waals surface area contributed by atoms with Gasteiger partial charge in [-0.1, -0.05) is 0 Å². The molecule has 0 aromatic carbocycles. The van der Waals surface area contributed by atoms with Gasteiger partial charge in [-0.05, 0) is 63.2 Å². The second kappa shape index (κ2) is 6.58. The third-order valence-corrected chi connectivity index (χ3v) is 7.41. The maximum atomic E-state index is 14.7. The van der Waals surface area contributed by atoms with Crippen molar-refractivity contribution in [2.45, 2.75) is 70.0 Å². The van der Waals surface area contributed by atoms with Crippen LogP contribution in [0.4, 0.5) is 10.2 Å². The van der Waals surface area contributed by atoms with Crippen LogP contribution in [0.15, 0.2) is 11.0 Å². The molecule has 1 aliphatic heterocycles. The van der Waals surface area contributed by atoms with E-state index in [0.29, 0.717) is 17.8 Å². The first kappa shape index (κ1) is 19.1. The molecule has 9 heteroatoms. The van der Waals surface area contributed by atoms with Gasteiger partial charge in [0.05, 0.1) is 17.7 Å². The van der Waals surface area contributed by atoms with Gasteiger partial charge in [0.15, 0.2) is 17.9 Å². The van der Waals surface area contributed by atoms with Crippen LogP contribution in [0.3, 0.4) is 0 Å². The van der Waals surface area contributed by atoms with Crippen molar-refractivity contribution in [3.8, 4) is 0 Å². The summed E-state index contributed by atoms with van der Waals surface area (Å²) in [5, 5.41) is 22.4. The molecule has 5 aliphatic rings. The van der Waals surface area contributed by atoms with Gasteiger partial charge in [0.25, 0.3) is 0 Å². The van der Waals surface area contributed by atoms with E-state index in [1.54, 1.807) is 6.92 Å². The normalized spacial score (nSPS) is 43.0. The summed E-state index contributed by atoms with van der Waals surface area (Å²) in [6.07, 6.45) is 2.37. The lowest BCUT2D eigenvalue weighted by Crippen LogP contribution is -2.52. The van der Waals surface area contributed by atoms with Gasteiger partial charge in [-0.2, -0.15) is 4.98 Å². The van der Waals surface area contributed by atoms with Crippen LogP contribution in [0, 0.1) is 29.0 Å². The molecule has 4 atom stereocenters.